The maximum absolute atomic E-state index is 10.8. The van der Waals surface area contributed by atoms with Gasteiger partial charge in [-0.25, -0.2) is 9.59 Å². The van der Waals surface area contributed by atoms with Gasteiger partial charge >= 0.3 is 11.9 Å². The fraction of sp³-hybridized carbons (Fsp3) is 0.556. The van der Waals surface area contributed by atoms with Gasteiger partial charge in [-0.1, -0.05) is 13.8 Å². The maximum Gasteiger partial charge on any atom is 0.414 e. The number of carbonyl (C=O) groups is 2. The number of ether oxygens (including phenoxy) is 1. The minimum atomic E-state index is -1.82. The van der Waals surface area contributed by atoms with Gasteiger partial charge in [-0.15, -0.1) is 0 Å². The number of hydrogen-bond acceptors (Lipinski definition) is 6. The predicted octanol–water partition coefficient (Wildman–Crippen LogP) is 2.42. The van der Waals surface area contributed by atoms with Gasteiger partial charge in [0.25, 0.3) is 5.69 Å². The Morgan fingerprint density at radius 1 is 1.22 bits per heavy atom. The SMILES string of the molecule is Cc1cc(OCCN2CC(C)CC(C)C2)ccc1[N+](=O)[O-].O=C(O)C(=O)O. The second-order valence-electron chi connectivity index (χ2n) is 6.87. The van der Waals surface area contributed by atoms with Crippen molar-refractivity contribution in [3.05, 3.63) is 33.9 Å². The van der Waals surface area contributed by atoms with E-state index in [0.29, 0.717) is 17.9 Å². The van der Waals surface area contributed by atoms with E-state index in [2.05, 4.69) is 18.7 Å². The second-order valence-corrected chi connectivity index (χ2v) is 6.87. The van der Waals surface area contributed by atoms with Crippen LogP contribution in [0.4, 0.5) is 5.69 Å². The largest absolute Gasteiger partial charge is 0.492 e. The van der Waals surface area contributed by atoms with Crippen molar-refractivity contribution in [2.75, 3.05) is 26.2 Å². The van der Waals surface area contributed by atoms with Gasteiger partial charge in [0.05, 0.1) is 4.92 Å². The zero-order valence-electron chi connectivity index (χ0n) is 15.8. The Labute approximate surface area is 157 Å². The number of carboxylic acids is 2. The quantitative estimate of drug-likeness (QED) is 0.451. The van der Waals surface area contributed by atoms with Crippen LogP contribution in [0, 0.1) is 28.9 Å². The predicted molar refractivity (Wildman–Crippen MR) is 98.0 cm³/mol. The molecule has 0 bridgehead atoms. The van der Waals surface area contributed by atoms with E-state index >= 15 is 0 Å². The summed E-state index contributed by atoms with van der Waals surface area (Å²) in [5.41, 5.74) is 0.777. The van der Waals surface area contributed by atoms with Crippen molar-refractivity contribution in [3.63, 3.8) is 0 Å². The first-order chi connectivity index (χ1) is 12.6. The highest BCUT2D eigenvalue weighted by atomic mass is 16.6. The zero-order valence-corrected chi connectivity index (χ0v) is 15.8. The Morgan fingerprint density at radius 3 is 2.22 bits per heavy atom. The lowest BCUT2D eigenvalue weighted by Gasteiger charge is -2.34. The molecule has 1 heterocycles. The van der Waals surface area contributed by atoms with Crippen molar-refractivity contribution in [2.24, 2.45) is 11.8 Å². The molecule has 2 rings (SSSR count). The Kier molecular flexibility index (Phi) is 8.67. The normalized spacial score (nSPS) is 19.5. The molecule has 0 aliphatic carbocycles. The molecule has 9 heteroatoms. The number of nitro groups is 1. The van der Waals surface area contributed by atoms with Crippen LogP contribution in [-0.4, -0.2) is 58.2 Å². The van der Waals surface area contributed by atoms with Gasteiger partial charge in [-0.05, 0) is 37.3 Å². The molecular formula is C18H26N2O7. The molecular weight excluding hydrogens is 356 g/mol. The molecule has 1 aliphatic rings. The van der Waals surface area contributed by atoms with Gasteiger partial charge in [0.1, 0.15) is 12.4 Å². The molecule has 0 radical (unpaired) electrons. The van der Waals surface area contributed by atoms with Crippen LogP contribution in [0.3, 0.4) is 0 Å². The molecule has 2 N–H and O–H groups in total. The molecule has 2 unspecified atom stereocenters. The molecule has 9 nitrogen and oxygen atoms in total. The second kappa shape index (κ2) is 10.5. The number of nitro benzene ring substituents is 1. The van der Waals surface area contributed by atoms with Crippen LogP contribution in [0.5, 0.6) is 5.75 Å². The van der Waals surface area contributed by atoms with Gasteiger partial charge in [-0.2, -0.15) is 0 Å². The van der Waals surface area contributed by atoms with Gasteiger partial charge in [0.2, 0.25) is 0 Å². The average Bonchev–Trinajstić information content (AvgIpc) is 2.54. The number of rotatable bonds is 5. The molecule has 0 aromatic heterocycles. The molecule has 1 aliphatic heterocycles. The minimum absolute atomic E-state index is 0.140. The maximum atomic E-state index is 10.8. The highest BCUT2D eigenvalue weighted by Crippen LogP contribution is 2.23. The monoisotopic (exact) mass is 382 g/mol. The number of carboxylic acid groups (broad SMARTS) is 2. The lowest BCUT2D eigenvalue weighted by Crippen LogP contribution is -2.40. The van der Waals surface area contributed by atoms with Gasteiger partial charge in [-0.3, -0.25) is 15.0 Å². The first kappa shape index (κ1) is 22.4. The van der Waals surface area contributed by atoms with E-state index in [1.54, 1.807) is 19.1 Å². The van der Waals surface area contributed by atoms with E-state index in [-0.39, 0.29) is 10.6 Å². The van der Waals surface area contributed by atoms with E-state index < -0.39 is 11.9 Å². The molecule has 1 aromatic carbocycles. The van der Waals surface area contributed by atoms with Gasteiger partial charge < -0.3 is 14.9 Å². The summed E-state index contributed by atoms with van der Waals surface area (Å²) in [6.07, 6.45) is 1.30. The average molecular weight is 382 g/mol. The summed E-state index contributed by atoms with van der Waals surface area (Å²) in [5, 5.41) is 25.6. The fourth-order valence-electron chi connectivity index (χ4n) is 3.19. The number of hydrogen-bond donors (Lipinski definition) is 2. The number of nitrogens with zero attached hydrogens (tertiary/aromatic N) is 2. The molecule has 1 aromatic rings. The Balaban J connectivity index is 0.000000527. The summed E-state index contributed by atoms with van der Waals surface area (Å²) in [6, 6.07) is 4.92. The van der Waals surface area contributed by atoms with Crippen LogP contribution in [-0.2, 0) is 9.59 Å². The van der Waals surface area contributed by atoms with Crippen molar-refractivity contribution in [1.29, 1.82) is 0 Å². The molecule has 1 saturated heterocycles. The smallest absolute Gasteiger partial charge is 0.414 e. The lowest BCUT2D eigenvalue weighted by molar-refractivity contribution is -0.385. The third-order valence-electron chi connectivity index (χ3n) is 4.17. The fourth-order valence-corrected chi connectivity index (χ4v) is 3.19. The summed E-state index contributed by atoms with van der Waals surface area (Å²) < 4.78 is 5.73. The van der Waals surface area contributed by atoms with Gasteiger partial charge in [0.15, 0.2) is 0 Å². The molecule has 1 fully saturated rings. The minimum Gasteiger partial charge on any atom is -0.492 e. The molecule has 0 amide bonds. The molecule has 0 spiro atoms. The lowest BCUT2D eigenvalue weighted by atomic mass is 9.92. The van der Waals surface area contributed by atoms with Crippen molar-refractivity contribution < 1.29 is 29.5 Å². The molecule has 2 atom stereocenters. The Hall–Kier alpha value is -2.68. The highest BCUT2D eigenvalue weighted by molar-refractivity contribution is 6.27. The van der Waals surface area contributed by atoms with E-state index in [9.17, 15) is 10.1 Å². The van der Waals surface area contributed by atoms with Crippen molar-refractivity contribution in [1.82, 2.24) is 4.90 Å². The summed E-state index contributed by atoms with van der Waals surface area (Å²) in [7, 11) is 0. The third-order valence-corrected chi connectivity index (χ3v) is 4.17. The van der Waals surface area contributed by atoms with Crippen LogP contribution < -0.4 is 4.74 Å². The first-order valence-corrected chi connectivity index (χ1v) is 8.66. The molecule has 150 valence electrons. The molecule has 0 saturated carbocycles. The Morgan fingerprint density at radius 2 is 1.78 bits per heavy atom. The number of aliphatic carboxylic acids is 2. The number of piperidine rings is 1. The summed E-state index contributed by atoms with van der Waals surface area (Å²) >= 11 is 0. The third kappa shape index (κ3) is 8.04. The van der Waals surface area contributed by atoms with Crippen LogP contribution in [0.25, 0.3) is 0 Å². The Bertz CT molecular complexity index is 656. The van der Waals surface area contributed by atoms with Crippen LogP contribution >= 0.6 is 0 Å². The van der Waals surface area contributed by atoms with Gasteiger partial charge in [0, 0.05) is 31.3 Å². The van der Waals surface area contributed by atoms with Crippen molar-refractivity contribution >= 4 is 17.6 Å². The number of benzene rings is 1. The summed E-state index contributed by atoms with van der Waals surface area (Å²) in [5.74, 6) is -1.45. The summed E-state index contributed by atoms with van der Waals surface area (Å²) in [6.45, 7) is 10.1. The van der Waals surface area contributed by atoms with E-state index in [0.717, 1.165) is 31.5 Å². The highest BCUT2D eigenvalue weighted by Gasteiger charge is 2.21. The first-order valence-electron chi connectivity index (χ1n) is 8.66. The standard InChI is InChI=1S/C16H24N2O3.C2H2O4/c1-12-8-13(2)11-17(10-12)6-7-21-15-4-5-16(18(19)20)14(3)9-15;3-1(4)2(5)6/h4-5,9,12-13H,6-8,10-11H2,1-3H3;(H,3,4)(H,5,6). The van der Waals surface area contributed by atoms with Crippen molar-refractivity contribution in [2.45, 2.75) is 27.2 Å². The van der Waals surface area contributed by atoms with Crippen molar-refractivity contribution in [3.8, 4) is 5.75 Å². The zero-order chi connectivity index (χ0) is 20.6. The van der Waals surface area contributed by atoms with Crippen LogP contribution in [0.2, 0.25) is 0 Å². The van der Waals surface area contributed by atoms with Crippen LogP contribution in [0.15, 0.2) is 18.2 Å². The molecule has 27 heavy (non-hydrogen) atoms. The van der Waals surface area contributed by atoms with E-state index in [4.69, 9.17) is 24.5 Å². The van der Waals surface area contributed by atoms with E-state index in [1.807, 2.05) is 0 Å². The van der Waals surface area contributed by atoms with Crippen LogP contribution in [0.1, 0.15) is 25.8 Å². The topological polar surface area (TPSA) is 130 Å². The number of aryl methyl sites for hydroxylation is 1. The summed E-state index contributed by atoms with van der Waals surface area (Å²) in [4.78, 5) is 31.0. The number of likely N-dealkylation sites (tertiary alicyclic amines) is 1. The van der Waals surface area contributed by atoms with E-state index in [1.165, 1.54) is 12.5 Å².